The highest BCUT2D eigenvalue weighted by Gasteiger charge is 2.26. The largest absolute Gasteiger partial charge is 0.481 e. The summed E-state index contributed by atoms with van der Waals surface area (Å²) in [6, 6.07) is 6.99. The van der Waals surface area contributed by atoms with Gasteiger partial charge in [-0.15, -0.1) is 0 Å². The molecule has 0 bridgehead atoms. The summed E-state index contributed by atoms with van der Waals surface area (Å²) in [5, 5.41) is 8.72. The molecule has 2 rings (SSSR count). The zero-order valence-electron chi connectivity index (χ0n) is 12.6. The molecule has 0 aliphatic carbocycles. The van der Waals surface area contributed by atoms with Crippen LogP contribution in [-0.4, -0.2) is 45.5 Å². The van der Waals surface area contributed by atoms with Crippen molar-refractivity contribution in [3.8, 4) is 0 Å². The number of ether oxygens (including phenoxy) is 1. The first-order valence-corrected chi connectivity index (χ1v) is 8.84. The molecule has 1 atom stereocenters. The van der Waals surface area contributed by atoms with E-state index in [1.165, 1.54) is 11.4 Å². The first-order valence-electron chi connectivity index (χ1n) is 7.23. The Morgan fingerprint density at radius 1 is 1.45 bits per heavy atom. The van der Waals surface area contributed by atoms with Gasteiger partial charge in [0.25, 0.3) is 0 Å². The fourth-order valence-electron chi connectivity index (χ4n) is 2.44. The summed E-state index contributed by atoms with van der Waals surface area (Å²) in [5.74, 6) is -0.752. The lowest BCUT2D eigenvalue weighted by molar-refractivity contribution is -0.136. The van der Waals surface area contributed by atoms with E-state index in [0.29, 0.717) is 25.3 Å². The van der Waals surface area contributed by atoms with Crippen LogP contribution in [0.3, 0.4) is 0 Å². The molecule has 0 radical (unpaired) electrons. The molecule has 7 heteroatoms. The van der Waals surface area contributed by atoms with Gasteiger partial charge in [0.1, 0.15) is 0 Å². The Labute approximate surface area is 130 Å². The van der Waals surface area contributed by atoms with Gasteiger partial charge in [0.2, 0.25) is 10.0 Å². The normalized spacial score (nSPS) is 18.3. The van der Waals surface area contributed by atoms with Crippen LogP contribution in [0, 0.1) is 5.92 Å². The molecule has 0 saturated carbocycles. The molecule has 1 fully saturated rings. The average Bonchev–Trinajstić information content (AvgIpc) is 2.96. The van der Waals surface area contributed by atoms with E-state index in [-0.39, 0.29) is 18.1 Å². The predicted octanol–water partition coefficient (Wildman–Crippen LogP) is 1.51. The van der Waals surface area contributed by atoms with Crippen LogP contribution in [0.25, 0.3) is 0 Å². The highest BCUT2D eigenvalue weighted by molar-refractivity contribution is 7.92. The molecule has 1 aromatic rings. The molecule has 0 spiro atoms. The Hall–Kier alpha value is -1.60. The second-order valence-electron chi connectivity index (χ2n) is 5.54. The molecule has 1 aliphatic heterocycles. The number of carboxylic acids is 1. The molecule has 0 amide bonds. The van der Waals surface area contributed by atoms with Gasteiger partial charge in [0.05, 0.1) is 18.0 Å². The molecule has 1 saturated heterocycles. The van der Waals surface area contributed by atoms with Crippen LogP contribution in [0.1, 0.15) is 18.4 Å². The van der Waals surface area contributed by atoms with Crippen molar-refractivity contribution < 1.29 is 23.1 Å². The van der Waals surface area contributed by atoms with Crippen molar-refractivity contribution in [3.63, 3.8) is 0 Å². The number of sulfonamides is 1. The Morgan fingerprint density at radius 2 is 2.23 bits per heavy atom. The van der Waals surface area contributed by atoms with E-state index in [0.717, 1.165) is 12.0 Å². The minimum Gasteiger partial charge on any atom is -0.481 e. The molecule has 1 aromatic carbocycles. The van der Waals surface area contributed by atoms with Crippen LogP contribution in [0.2, 0.25) is 0 Å². The Balaban J connectivity index is 2.08. The van der Waals surface area contributed by atoms with E-state index >= 15 is 0 Å². The monoisotopic (exact) mass is 327 g/mol. The van der Waals surface area contributed by atoms with Crippen molar-refractivity contribution in [1.82, 2.24) is 0 Å². The van der Waals surface area contributed by atoms with E-state index in [1.54, 1.807) is 24.3 Å². The van der Waals surface area contributed by atoms with Crippen molar-refractivity contribution >= 4 is 21.7 Å². The summed E-state index contributed by atoms with van der Waals surface area (Å²) in [6.07, 6.45) is 1.18. The Kier molecular flexibility index (Phi) is 5.42. The summed E-state index contributed by atoms with van der Waals surface area (Å²) in [4.78, 5) is 10.6. The van der Waals surface area contributed by atoms with Crippen LogP contribution in [0.5, 0.6) is 0 Å². The third kappa shape index (κ3) is 4.45. The number of aryl methyl sites for hydroxylation is 1. The van der Waals surface area contributed by atoms with Gasteiger partial charge in [0, 0.05) is 26.0 Å². The zero-order valence-corrected chi connectivity index (χ0v) is 13.4. The third-order valence-corrected chi connectivity index (χ3v) is 5.73. The number of hydrogen-bond donors (Lipinski definition) is 1. The van der Waals surface area contributed by atoms with E-state index in [4.69, 9.17) is 9.84 Å². The quantitative estimate of drug-likeness (QED) is 0.820. The number of nitrogens with zero attached hydrogens (tertiary/aromatic N) is 1. The number of carbonyl (C=O) groups is 1. The minimum atomic E-state index is -3.41. The van der Waals surface area contributed by atoms with Gasteiger partial charge in [0.15, 0.2) is 0 Å². The molecule has 1 unspecified atom stereocenters. The van der Waals surface area contributed by atoms with E-state index in [9.17, 15) is 13.2 Å². The van der Waals surface area contributed by atoms with Gasteiger partial charge >= 0.3 is 5.97 Å². The van der Waals surface area contributed by atoms with Gasteiger partial charge in [-0.3, -0.25) is 9.10 Å². The van der Waals surface area contributed by atoms with E-state index in [2.05, 4.69) is 0 Å². The highest BCUT2D eigenvalue weighted by Crippen LogP contribution is 2.22. The van der Waals surface area contributed by atoms with Crippen LogP contribution in [0.4, 0.5) is 5.69 Å². The molecule has 22 heavy (non-hydrogen) atoms. The molecule has 122 valence electrons. The lowest BCUT2D eigenvalue weighted by atomic mass is 10.1. The minimum absolute atomic E-state index is 0.0271. The molecular formula is C15H21NO5S. The second kappa shape index (κ2) is 7.11. The highest BCUT2D eigenvalue weighted by atomic mass is 32.2. The lowest BCUT2D eigenvalue weighted by Gasteiger charge is -2.21. The maximum absolute atomic E-state index is 12.4. The van der Waals surface area contributed by atoms with Gasteiger partial charge in [-0.1, -0.05) is 12.1 Å². The van der Waals surface area contributed by atoms with E-state index < -0.39 is 16.0 Å². The second-order valence-corrected chi connectivity index (χ2v) is 7.58. The Bertz CT molecular complexity index is 623. The zero-order chi connectivity index (χ0) is 16.2. The number of hydrogen-bond acceptors (Lipinski definition) is 4. The maximum Gasteiger partial charge on any atom is 0.303 e. The predicted molar refractivity (Wildman–Crippen MR) is 83.5 cm³/mol. The fraction of sp³-hybridized carbons (Fsp3) is 0.533. The van der Waals surface area contributed by atoms with Crippen molar-refractivity contribution in [2.45, 2.75) is 19.3 Å². The van der Waals surface area contributed by atoms with Gasteiger partial charge < -0.3 is 9.84 Å². The first-order chi connectivity index (χ1) is 10.4. The molecule has 1 heterocycles. The van der Waals surface area contributed by atoms with E-state index in [1.807, 2.05) is 0 Å². The number of anilines is 1. The van der Waals surface area contributed by atoms with Gasteiger partial charge in [-0.2, -0.15) is 0 Å². The standard InChI is InChI=1S/C15H21NO5S/c1-16(22(19,20)11-13-7-8-21-10-13)14-4-2-3-12(9-14)5-6-15(17)18/h2-4,9,13H,5-8,10-11H2,1H3,(H,17,18). The van der Waals surface area contributed by atoms with Gasteiger partial charge in [-0.05, 0) is 30.5 Å². The third-order valence-electron chi connectivity index (χ3n) is 3.79. The number of aliphatic carboxylic acids is 1. The summed E-state index contributed by atoms with van der Waals surface area (Å²) in [7, 11) is -1.88. The average molecular weight is 327 g/mol. The van der Waals surface area contributed by atoms with Crippen LogP contribution in [0.15, 0.2) is 24.3 Å². The lowest BCUT2D eigenvalue weighted by Crippen LogP contribution is -2.32. The summed E-state index contributed by atoms with van der Waals surface area (Å²) < 4.78 is 31.4. The number of benzene rings is 1. The number of rotatable bonds is 7. The van der Waals surface area contributed by atoms with Crippen LogP contribution in [-0.2, 0) is 26.0 Å². The van der Waals surface area contributed by atoms with Crippen molar-refractivity contribution in [2.24, 2.45) is 5.92 Å². The van der Waals surface area contributed by atoms with Crippen molar-refractivity contribution in [2.75, 3.05) is 30.3 Å². The van der Waals surface area contributed by atoms with Gasteiger partial charge in [-0.25, -0.2) is 8.42 Å². The van der Waals surface area contributed by atoms with Crippen LogP contribution >= 0.6 is 0 Å². The SMILES string of the molecule is CN(c1cccc(CCC(=O)O)c1)S(=O)(=O)CC1CCOC1. The fourth-order valence-corrected chi connectivity index (χ4v) is 3.96. The van der Waals surface area contributed by atoms with Crippen molar-refractivity contribution in [1.29, 1.82) is 0 Å². The summed E-state index contributed by atoms with van der Waals surface area (Å²) in [6.45, 7) is 1.11. The molecule has 1 N–H and O–H groups in total. The molecule has 0 aromatic heterocycles. The maximum atomic E-state index is 12.4. The molecule has 1 aliphatic rings. The number of carboxylic acid groups (broad SMARTS) is 1. The van der Waals surface area contributed by atoms with Crippen molar-refractivity contribution in [3.05, 3.63) is 29.8 Å². The topological polar surface area (TPSA) is 83.9 Å². The Morgan fingerprint density at radius 3 is 2.86 bits per heavy atom. The first kappa shape index (κ1) is 16.8. The smallest absolute Gasteiger partial charge is 0.303 e. The summed E-state index contributed by atoms with van der Waals surface area (Å²) >= 11 is 0. The summed E-state index contributed by atoms with van der Waals surface area (Å²) in [5.41, 5.74) is 1.37. The van der Waals surface area contributed by atoms with Crippen LogP contribution < -0.4 is 4.31 Å². The molecular weight excluding hydrogens is 306 g/mol. The molecule has 6 nitrogen and oxygen atoms in total.